The van der Waals surface area contributed by atoms with Crippen molar-refractivity contribution < 1.29 is 18.4 Å². The molecule has 0 spiro atoms. The second-order valence-corrected chi connectivity index (χ2v) is 4.88. The lowest BCUT2D eigenvalue weighted by Crippen LogP contribution is -1.99. The fraction of sp³-hybridized carbons (Fsp3) is 0.0769. The zero-order valence-corrected chi connectivity index (χ0v) is 11.3. The van der Waals surface area contributed by atoms with Gasteiger partial charge in [0, 0.05) is 6.07 Å². The summed E-state index contributed by atoms with van der Waals surface area (Å²) in [6, 6.07) is 10.7. The Hall–Kier alpha value is -2.25. The zero-order valence-electron chi connectivity index (χ0n) is 10.5. The van der Waals surface area contributed by atoms with E-state index in [9.17, 15) is 18.9 Å². The van der Waals surface area contributed by atoms with Crippen molar-refractivity contribution in [3.05, 3.63) is 58.1 Å². The van der Waals surface area contributed by atoms with E-state index in [1.54, 1.807) is 25.1 Å². The number of nitro benzene ring substituents is 1. The Morgan fingerprint density at radius 2 is 1.80 bits per heavy atom. The summed E-state index contributed by atoms with van der Waals surface area (Å²) in [6.07, 6.45) is 0. The van der Waals surface area contributed by atoms with Crippen LogP contribution in [0.25, 0.3) is 0 Å². The van der Waals surface area contributed by atoms with E-state index >= 15 is 0 Å². The Balaban J connectivity index is 2.49. The smallest absolute Gasteiger partial charge is 0.311 e. The molecule has 0 fully saturated rings. The first kappa shape index (κ1) is 14.2. The number of para-hydroxylation sites is 2. The van der Waals surface area contributed by atoms with E-state index in [0.29, 0.717) is 5.56 Å². The van der Waals surface area contributed by atoms with Crippen LogP contribution in [0.3, 0.4) is 0 Å². The fourth-order valence-corrected chi connectivity index (χ4v) is 2.37. The lowest BCUT2D eigenvalue weighted by Gasteiger charge is -2.10. The summed E-state index contributed by atoms with van der Waals surface area (Å²) in [4.78, 5) is 10.4. The molecule has 0 aromatic heterocycles. The summed E-state index contributed by atoms with van der Waals surface area (Å²) < 4.78 is 26.1. The van der Waals surface area contributed by atoms with Crippen LogP contribution in [0.1, 0.15) is 5.56 Å². The van der Waals surface area contributed by atoms with Crippen molar-refractivity contribution in [2.24, 2.45) is 0 Å². The van der Waals surface area contributed by atoms with E-state index in [-0.39, 0.29) is 22.1 Å². The maximum absolute atomic E-state index is 11.3. The first-order valence-corrected chi connectivity index (χ1v) is 6.73. The molecule has 7 heteroatoms. The third kappa shape index (κ3) is 2.84. The fourth-order valence-electron chi connectivity index (χ4n) is 1.74. The first-order chi connectivity index (χ1) is 9.50. The van der Waals surface area contributed by atoms with Crippen molar-refractivity contribution in [1.82, 2.24) is 0 Å². The van der Waals surface area contributed by atoms with Gasteiger partial charge >= 0.3 is 5.69 Å². The summed E-state index contributed by atoms with van der Waals surface area (Å²) in [5.41, 5.74) is 0.366. The monoisotopic (exact) mass is 293 g/mol. The van der Waals surface area contributed by atoms with Gasteiger partial charge in [-0.25, -0.2) is 4.21 Å². The SMILES string of the molecule is Cc1cccc(Oc2ccccc2[N+](=O)[O-])c1S(=O)O. The van der Waals surface area contributed by atoms with Crippen LogP contribution in [-0.4, -0.2) is 13.7 Å². The Labute approximate surface area is 117 Å². The maximum Gasteiger partial charge on any atom is 0.311 e. The summed E-state index contributed by atoms with van der Waals surface area (Å²) in [5, 5.41) is 10.9. The molecular weight excluding hydrogens is 282 g/mol. The lowest BCUT2D eigenvalue weighted by molar-refractivity contribution is -0.385. The van der Waals surface area contributed by atoms with Crippen molar-refractivity contribution >= 4 is 16.8 Å². The maximum atomic E-state index is 11.3. The number of benzene rings is 2. The minimum absolute atomic E-state index is 0.0230. The van der Waals surface area contributed by atoms with Crippen LogP contribution < -0.4 is 4.74 Å². The minimum atomic E-state index is -2.24. The van der Waals surface area contributed by atoms with Crippen molar-refractivity contribution in [2.45, 2.75) is 11.8 Å². The molecular formula is C13H11NO5S. The topological polar surface area (TPSA) is 89.7 Å². The second kappa shape index (κ2) is 5.81. The Morgan fingerprint density at radius 3 is 2.45 bits per heavy atom. The normalized spacial score (nSPS) is 11.9. The number of ether oxygens (including phenoxy) is 1. The van der Waals surface area contributed by atoms with Crippen LogP contribution in [0.4, 0.5) is 5.69 Å². The van der Waals surface area contributed by atoms with Crippen LogP contribution in [-0.2, 0) is 11.1 Å². The van der Waals surface area contributed by atoms with E-state index in [0.717, 1.165) is 0 Å². The van der Waals surface area contributed by atoms with Crippen LogP contribution in [0.2, 0.25) is 0 Å². The average Bonchev–Trinajstić information content (AvgIpc) is 2.38. The van der Waals surface area contributed by atoms with E-state index in [2.05, 4.69) is 0 Å². The van der Waals surface area contributed by atoms with Gasteiger partial charge in [0.1, 0.15) is 10.6 Å². The third-order valence-corrected chi connectivity index (χ3v) is 3.50. The van der Waals surface area contributed by atoms with Crippen LogP contribution in [0.5, 0.6) is 11.5 Å². The Kier molecular flexibility index (Phi) is 4.11. The molecule has 6 nitrogen and oxygen atoms in total. The molecule has 0 heterocycles. The number of nitro groups is 1. The standard InChI is InChI=1S/C13H11NO5S/c1-9-5-4-8-12(13(9)20(17)18)19-11-7-3-2-6-10(11)14(15)16/h2-8H,1H3,(H,17,18). The van der Waals surface area contributed by atoms with Gasteiger partial charge in [-0.05, 0) is 24.6 Å². The van der Waals surface area contributed by atoms with Crippen LogP contribution in [0.15, 0.2) is 47.4 Å². The van der Waals surface area contributed by atoms with E-state index in [1.807, 2.05) is 0 Å². The van der Waals surface area contributed by atoms with Crippen molar-refractivity contribution in [1.29, 1.82) is 0 Å². The number of rotatable bonds is 4. The summed E-state index contributed by atoms with van der Waals surface area (Å²) in [7, 11) is 0. The molecule has 1 unspecified atom stereocenters. The van der Waals surface area contributed by atoms with Gasteiger partial charge in [0.25, 0.3) is 0 Å². The molecule has 0 bridgehead atoms. The van der Waals surface area contributed by atoms with Crippen LogP contribution >= 0.6 is 0 Å². The van der Waals surface area contributed by atoms with Crippen molar-refractivity contribution in [2.75, 3.05) is 0 Å². The molecule has 0 radical (unpaired) electrons. The lowest BCUT2D eigenvalue weighted by atomic mass is 10.2. The molecule has 20 heavy (non-hydrogen) atoms. The van der Waals surface area contributed by atoms with Gasteiger partial charge in [0.2, 0.25) is 5.75 Å². The second-order valence-electron chi connectivity index (χ2n) is 3.98. The van der Waals surface area contributed by atoms with E-state index in [4.69, 9.17) is 4.74 Å². The summed E-state index contributed by atoms with van der Waals surface area (Å²) in [5.74, 6) is 0.148. The van der Waals surface area contributed by atoms with Gasteiger partial charge in [0.15, 0.2) is 11.1 Å². The highest BCUT2D eigenvalue weighted by molar-refractivity contribution is 7.79. The Bertz CT molecular complexity index is 686. The van der Waals surface area contributed by atoms with Gasteiger partial charge in [-0.2, -0.15) is 0 Å². The minimum Gasteiger partial charge on any atom is -0.449 e. The van der Waals surface area contributed by atoms with E-state index < -0.39 is 16.0 Å². The molecule has 1 N–H and O–H groups in total. The average molecular weight is 293 g/mol. The number of aryl methyl sites for hydroxylation is 1. The van der Waals surface area contributed by atoms with Gasteiger partial charge in [0.05, 0.1) is 4.92 Å². The largest absolute Gasteiger partial charge is 0.449 e. The molecule has 0 aliphatic rings. The predicted molar refractivity (Wildman–Crippen MR) is 73.4 cm³/mol. The highest BCUT2D eigenvalue weighted by atomic mass is 32.2. The molecule has 0 aliphatic carbocycles. The molecule has 2 rings (SSSR count). The van der Waals surface area contributed by atoms with Gasteiger partial charge in [-0.1, -0.05) is 24.3 Å². The van der Waals surface area contributed by atoms with E-state index in [1.165, 1.54) is 24.3 Å². The first-order valence-electron chi connectivity index (χ1n) is 5.62. The summed E-state index contributed by atoms with van der Waals surface area (Å²) in [6.45, 7) is 1.66. The van der Waals surface area contributed by atoms with Gasteiger partial charge in [-0.15, -0.1) is 0 Å². The van der Waals surface area contributed by atoms with Gasteiger partial charge < -0.3 is 9.29 Å². The Morgan fingerprint density at radius 1 is 1.15 bits per heavy atom. The molecule has 0 aliphatic heterocycles. The number of hydrogen-bond donors (Lipinski definition) is 1. The highest BCUT2D eigenvalue weighted by Crippen LogP contribution is 2.34. The number of hydrogen-bond acceptors (Lipinski definition) is 4. The molecule has 1 atom stereocenters. The van der Waals surface area contributed by atoms with Gasteiger partial charge in [-0.3, -0.25) is 10.1 Å². The van der Waals surface area contributed by atoms with Crippen molar-refractivity contribution in [3.8, 4) is 11.5 Å². The molecule has 2 aromatic carbocycles. The molecule has 0 saturated heterocycles. The molecule has 0 amide bonds. The quantitative estimate of drug-likeness (QED) is 0.531. The molecule has 2 aromatic rings. The zero-order chi connectivity index (χ0) is 14.7. The van der Waals surface area contributed by atoms with Crippen molar-refractivity contribution in [3.63, 3.8) is 0 Å². The predicted octanol–water partition coefficient (Wildman–Crippen LogP) is 3.28. The third-order valence-electron chi connectivity index (χ3n) is 2.63. The van der Waals surface area contributed by atoms with Crippen LogP contribution in [0, 0.1) is 17.0 Å². The highest BCUT2D eigenvalue weighted by Gasteiger charge is 2.18. The number of nitrogens with zero attached hydrogens (tertiary/aromatic N) is 1. The molecule has 104 valence electrons. The molecule has 0 saturated carbocycles. The summed E-state index contributed by atoms with van der Waals surface area (Å²) >= 11 is -2.24.